The monoisotopic (exact) mass is 354 g/mol. The van der Waals surface area contributed by atoms with Gasteiger partial charge in [-0.2, -0.15) is 0 Å². The maximum absolute atomic E-state index is 12.7. The van der Waals surface area contributed by atoms with Crippen LogP contribution in [0.15, 0.2) is 42.9 Å². The molecule has 1 saturated heterocycles. The zero-order valence-electron chi connectivity index (χ0n) is 14.8. The van der Waals surface area contributed by atoms with Gasteiger partial charge in [-0.3, -0.25) is 19.6 Å². The Hall–Kier alpha value is -2.80. The first-order valence-corrected chi connectivity index (χ1v) is 8.62. The molecule has 3 heterocycles. The minimum absolute atomic E-state index is 0.127. The van der Waals surface area contributed by atoms with Crippen LogP contribution in [0.1, 0.15) is 26.4 Å². The number of nitrogens with zero attached hydrogens (tertiary/aromatic N) is 4. The SMILES string of the molecule is CN(CCc1ccncc1)C(=O)c1ccnc(C(=O)N2CCOCC2)c1. The molecule has 136 valence electrons. The van der Waals surface area contributed by atoms with Crippen molar-refractivity contribution in [1.82, 2.24) is 19.8 Å². The van der Waals surface area contributed by atoms with Gasteiger partial charge in [-0.1, -0.05) is 0 Å². The molecule has 0 radical (unpaired) electrons. The summed E-state index contributed by atoms with van der Waals surface area (Å²) in [5, 5.41) is 0. The molecule has 26 heavy (non-hydrogen) atoms. The molecule has 0 bridgehead atoms. The topological polar surface area (TPSA) is 75.6 Å². The number of ether oxygens (including phenoxy) is 1. The summed E-state index contributed by atoms with van der Waals surface area (Å²) in [6, 6.07) is 7.08. The van der Waals surface area contributed by atoms with Crippen molar-refractivity contribution < 1.29 is 14.3 Å². The molecule has 7 heteroatoms. The van der Waals surface area contributed by atoms with Crippen LogP contribution < -0.4 is 0 Å². The summed E-state index contributed by atoms with van der Waals surface area (Å²) in [6.45, 7) is 2.73. The van der Waals surface area contributed by atoms with E-state index in [9.17, 15) is 9.59 Å². The fourth-order valence-electron chi connectivity index (χ4n) is 2.78. The standard InChI is InChI=1S/C19H22N4O3/c1-22(9-5-15-2-6-20-7-3-15)18(24)16-4-8-21-17(14-16)19(25)23-10-12-26-13-11-23/h2-4,6-8,14H,5,9-13H2,1H3. The summed E-state index contributed by atoms with van der Waals surface area (Å²) in [6.07, 6.45) is 5.74. The lowest BCUT2D eigenvalue weighted by Gasteiger charge is -2.26. The van der Waals surface area contributed by atoms with Crippen LogP contribution in [0.3, 0.4) is 0 Å². The van der Waals surface area contributed by atoms with E-state index in [0.29, 0.717) is 44.1 Å². The van der Waals surface area contributed by atoms with Gasteiger partial charge in [0.25, 0.3) is 11.8 Å². The Labute approximate surface area is 152 Å². The molecule has 1 fully saturated rings. The van der Waals surface area contributed by atoms with Crippen molar-refractivity contribution in [3.05, 3.63) is 59.7 Å². The van der Waals surface area contributed by atoms with E-state index in [1.807, 2.05) is 12.1 Å². The van der Waals surface area contributed by atoms with Gasteiger partial charge in [-0.25, -0.2) is 0 Å². The Morgan fingerprint density at radius 2 is 1.88 bits per heavy atom. The van der Waals surface area contributed by atoms with E-state index in [0.717, 1.165) is 12.0 Å². The second-order valence-corrected chi connectivity index (χ2v) is 6.17. The molecule has 1 aliphatic heterocycles. The van der Waals surface area contributed by atoms with Crippen LogP contribution in [0.4, 0.5) is 0 Å². The second kappa shape index (κ2) is 8.53. The summed E-state index contributed by atoms with van der Waals surface area (Å²) in [7, 11) is 1.76. The molecule has 3 rings (SSSR count). The number of likely N-dealkylation sites (N-methyl/N-ethyl adjacent to an activating group) is 1. The van der Waals surface area contributed by atoms with Gasteiger partial charge in [0.05, 0.1) is 13.2 Å². The highest BCUT2D eigenvalue weighted by Crippen LogP contribution is 2.10. The van der Waals surface area contributed by atoms with Gasteiger partial charge in [0, 0.05) is 50.8 Å². The second-order valence-electron chi connectivity index (χ2n) is 6.17. The Bertz CT molecular complexity index is 760. The Kier molecular flexibility index (Phi) is 5.91. The molecular weight excluding hydrogens is 332 g/mol. The molecule has 2 aromatic rings. The molecule has 0 aromatic carbocycles. The number of pyridine rings is 2. The predicted octanol–water partition coefficient (Wildman–Crippen LogP) is 1.26. The summed E-state index contributed by atoms with van der Waals surface area (Å²) < 4.78 is 5.26. The van der Waals surface area contributed by atoms with Crippen molar-refractivity contribution in [2.45, 2.75) is 6.42 Å². The van der Waals surface area contributed by atoms with Crippen LogP contribution in [0.2, 0.25) is 0 Å². The van der Waals surface area contributed by atoms with E-state index in [2.05, 4.69) is 9.97 Å². The summed E-state index contributed by atoms with van der Waals surface area (Å²) in [5.41, 5.74) is 1.88. The van der Waals surface area contributed by atoms with E-state index in [1.165, 1.54) is 6.20 Å². The van der Waals surface area contributed by atoms with E-state index >= 15 is 0 Å². The van der Waals surface area contributed by atoms with Crippen LogP contribution in [0, 0.1) is 0 Å². The van der Waals surface area contributed by atoms with Crippen molar-refractivity contribution in [3.8, 4) is 0 Å². The maximum atomic E-state index is 12.7. The normalized spacial score (nSPS) is 14.1. The number of morpholine rings is 1. The molecule has 2 aromatic heterocycles. The van der Waals surface area contributed by atoms with Crippen LogP contribution in [0.25, 0.3) is 0 Å². The summed E-state index contributed by atoms with van der Waals surface area (Å²) in [5.74, 6) is -0.292. The highest BCUT2D eigenvalue weighted by Gasteiger charge is 2.21. The first-order chi connectivity index (χ1) is 12.6. The Balaban J connectivity index is 1.64. The van der Waals surface area contributed by atoms with E-state index in [-0.39, 0.29) is 11.8 Å². The Morgan fingerprint density at radius 1 is 1.15 bits per heavy atom. The fraction of sp³-hybridized carbons (Fsp3) is 0.368. The number of carbonyl (C=O) groups excluding carboxylic acids is 2. The van der Waals surface area contributed by atoms with E-state index < -0.39 is 0 Å². The van der Waals surface area contributed by atoms with Crippen LogP contribution in [-0.4, -0.2) is 71.5 Å². The van der Waals surface area contributed by atoms with Crippen molar-refractivity contribution in [3.63, 3.8) is 0 Å². The average molecular weight is 354 g/mol. The molecule has 0 N–H and O–H groups in total. The van der Waals surface area contributed by atoms with Gasteiger partial charge >= 0.3 is 0 Å². The molecule has 0 atom stereocenters. The van der Waals surface area contributed by atoms with Gasteiger partial charge in [0.1, 0.15) is 5.69 Å². The smallest absolute Gasteiger partial charge is 0.272 e. The first kappa shape index (κ1) is 18.0. The number of aromatic nitrogens is 2. The lowest BCUT2D eigenvalue weighted by molar-refractivity contribution is 0.0299. The number of carbonyl (C=O) groups is 2. The third-order valence-electron chi connectivity index (χ3n) is 4.36. The minimum Gasteiger partial charge on any atom is -0.378 e. The van der Waals surface area contributed by atoms with Gasteiger partial charge in [-0.15, -0.1) is 0 Å². The summed E-state index contributed by atoms with van der Waals surface area (Å²) >= 11 is 0. The van der Waals surface area contributed by atoms with Gasteiger partial charge in [0.2, 0.25) is 0 Å². The quantitative estimate of drug-likeness (QED) is 0.808. The molecule has 1 aliphatic rings. The average Bonchev–Trinajstić information content (AvgIpc) is 2.72. The molecule has 0 saturated carbocycles. The van der Waals surface area contributed by atoms with Gasteiger partial charge < -0.3 is 14.5 Å². The highest BCUT2D eigenvalue weighted by atomic mass is 16.5. The van der Waals surface area contributed by atoms with Crippen LogP contribution >= 0.6 is 0 Å². The highest BCUT2D eigenvalue weighted by molar-refractivity contribution is 5.98. The molecule has 0 spiro atoms. The van der Waals surface area contributed by atoms with Gasteiger partial charge in [0.15, 0.2) is 0 Å². The Morgan fingerprint density at radius 3 is 2.62 bits per heavy atom. The molecule has 0 aliphatic carbocycles. The number of hydrogen-bond donors (Lipinski definition) is 0. The molecular formula is C19H22N4O3. The summed E-state index contributed by atoms with van der Waals surface area (Å²) in [4.78, 5) is 36.7. The van der Waals surface area contributed by atoms with Crippen molar-refractivity contribution in [2.75, 3.05) is 39.9 Å². The fourth-order valence-corrected chi connectivity index (χ4v) is 2.78. The number of rotatable bonds is 5. The van der Waals surface area contributed by atoms with Crippen molar-refractivity contribution in [1.29, 1.82) is 0 Å². The predicted molar refractivity (Wildman–Crippen MR) is 95.9 cm³/mol. The third-order valence-corrected chi connectivity index (χ3v) is 4.36. The van der Waals surface area contributed by atoms with Crippen LogP contribution in [0.5, 0.6) is 0 Å². The molecule has 0 unspecified atom stereocenters. The molecule has 7 nitrogen and oxygen atoms in total. The van der Waals surface area contributed by atoms with Crippen molar-refractivity contribution in [2.24, 2.45) is 0 Å². The maximum Gasteiger partial charge on any atom is 0.272 e. The number of hydrogen-bond acceptors (Lipinski definition) is 5. The number of amides is 2. The van der Waals surface area contributed by atoms with Gasteiger partial charge in [-0.05, 0) is 36.2 Å². The zero-order chi connectivity index (χ0) is 18.4. The van der Waals surface area contributed by atoms with Crippen molar-refractivity contribution >= 4 is 11.8 Å². The zero-order valence-corrected chi connectivity index (χ0v) is 14.8. The third kappa shape index (κ3) is 4.43. The minimum atomic E-state index is -0.164. The largest absolute Gasteiger partial charge is 0.378 e. The van der Waals surface area contributed by atoms with E-state index in [1.54, 1.807) is 41.4 Å². The molecule has 2 amide bonds. The first-order valence-electron chi connectivity index (χ1n) is 8.62. The lowest BCUT2D eigenvalue weighted by Crippen LogP contribution is -2.41. The van der Waals surface area contributed by atoms with Crippen LogP contribution in [-0.2, 0) is 11.2 Å². The lowest BCUT2D eigenvalue weighted by atomic mass is 10.1. The van der Waals surface area contributed by atoms with E-state index in [4.69, 9.17) is 4.74 Å².